The molecule has 2 aromatic carbocycles. The highest BCUT2D eigenvalue weighted by Crippen LogP contribution is 2.28. The van der Waals surface area contributed by atoms with Gasteiger partial charge in [-0.25, -0.2) is 0 Å². The van der Waals surface area contributed by atoms with Crippen LogP contribution < -0.4 is 10.2 Å². The van der Waals surface area contributed by atoms with Crippen molar-refractivity contribution in [2.24, 2.45) is 5.92 Å². The van der Waals surface area contributed by atoms with Crippen LogP contribution >= 0.6 is 11.8 Å². The van der Waals surface area contributed by atoms with Gasteiger partial charge in [0.25, 0.3) is 11.7 Å². The van der Waals surface area contributed by atoms with Gasteiger partial charge in [-0.3, -0.25) is 9.59 Å². The second kappa shape index (κ2) is 8.31. The molecular formula is C19H18F2N2O2S. The summed E-state index contributed by atoms with van der Waals surface area (Å²) in [5.41, 5.74) is 1.06. The van der Waals surface area contributed by atoms with Crippen LogP contribution in [0.5, 0.6) is 0 Å². The van der Waals surface area contributed by atoms with Crippen molar-refractivity contribution in [3.63, 3.8) is 0 Å². The summed E-state index contributed by atoms with van der Waals surface area (Å²) in [7, 11) is 0. The predicted octanol–water partition coefficient (Wildman–Crippen LogP) is 3.78. The van der Waals surface area contributed by atoms with Gasteiger partial charge in [-0.15, -0.1) is 0 Å². The van der Waals surface area contributed by atoms with E-state index in [0.717, 1.165) is 5.69 Å². The Hall–Kier alpha value is -2.41. The number of benzene rings is 2. The van der Waals surface area contributed by atoms with Crippen molar-refractivity contribution < 1.29 is 18.4 Å². The molecular weight excluding hydrogens is 358 g/mol. The number of alkyl halides is 2. The quantitative estimate of drug-likeness (QED) is 0.781. The lowest BCUT2D eigenvalue weighted by molar-refractivity contribution is -0.117. The lowest BCUT2D eigenvalue weighted by atomic mass is 10.1. The summed E-state index contributed by atoms with van der Waals surface area (Å²) in [4.78, 5) is 26.5. The van der Waals surface area contributed by atoms with Crippen LogP contribution in [0.25, 0.3) is 0 Å². The molecule has 2 amide bonds. The molecule has 1 aliphatic rings. The van der Waals surface area contributed by atoms with Crippen LogP contribution in [0.1, 0.15) is 16.8 Å². The van der Waals surface area contributed by atoms with Crippen LogP contribution in [-0.4, -0.2) is 30.7 Å². The van der Waals surface area contributed by atoms with Gasteiger partial charge in [0, 0.05) is 36.0 Å². The normalized spacial score (nSPS) is 17.0. The molecule has 1 saturated heterocycles. The number of para-hydroxylation sites is 1. The number of hydrogen-bond donors (Lipinski definition) is 1. The first-order chi connectivity index (χ1) is 12.5. The number of carbonyl (C=O) groups is 2. The molecule has 0 bridgehead atoms. The smallest absolute Gasteiger partial charge is 0.288 e. The number of thioether (sulfide) groups is 1. The minimum atomic E-state index is -2.59. The minimum absolute atomic E-state index is 0.0124. The van der Waals surface area contributed by atoms with Gasteiger partial charge in [0.05, 0.1) is 5.56 Å². The zero-order chi connectivity index (χ0) is 18.5. The molecule has 2 aromatic rings. The number of anilines is 1. The standard InChI is InChI=1S/C19H18F2N2O2S/c20-19(21)26-16-9-5-4-8-15(16)18(25)22-11-13-10-17(24)23(12-13)14-6-2-1-3-7-14/h1-9,13,19H,10-12H2,(H,22,25). The highest BCUT2D eigenvalue weighted by atomic mass is 32.2. The van der Waals surface area contributed by atoms with Gasteiger partial charge in [-0.1, -0.05) is 42.1 Å². The van der Waals surface area contributed by atoms with E-state index in [4.69, 9.17) is 0 Å². The van der Waals surface area contributed by atoms with Crippen LogP contribution in [0, 0.1) is 5.92 Å². The zero-order valence-electron chi connectivity index (χ0n) is 13.9. The highest BCUT2D eigenvalue weighted by molar-refractivity contribution is 7.99. The summed E-state index contributed by atoms with van der Waals surface area (Å²) in [5.74, 6) is -2.99. The van der Waals surface area contributed by atoms with E-state index >= 15 is 0 Å². The second-order valence-electron chi connectivity index (χ2n) is 5.99. The summed E-state index contributed by atoms with van der Waals surface area (Å²) in [6.07, 6.45) is 0.350. The van der Waals surface area contributed by atoms with Crippen molar-refractivity contribution in [1.29, 1.82) is 0 Å². The van der Waals surface area contributed by atoms with Crippen molar-refractivity contribution in [3.05, 3.63) is 60.2 Å². The zero-order valence-corrected chi connectivity index (χ0v) is 14.7. The van der Waals surface area contributed by atoms with Crippen molar-refractivity contribution >= 4 is 29.3 Å². The molecule has 3 rings (SSSR count). The van der Waals surface area contributed by atoms with Crippen LogP contribution in [0.15, 0.2) is 59.5 Å². The first-order valence-corrected chi connectivity index (χ1v) is 9.10. The Bertz CT molecular complexity index is 786. The van der Waals surface area contributed by atoms with Crippen molar-refractivity contribution in [2.45, 2.75) is 17.1 Å². The first kappa shape index (κ1) is 18.4. The van der Waals surface area contributed by atoms with Gasteiger partial charge < -0.3 is 10.2 Å². The number of nitrogens with zero attached hydrogens (tertiary/aromatic N) is 1. The highest BCUT2D eigenvalue weighted by Gasteiger charge is 2.30. The van der Waals surface area contributed by atoms with Crippen molar-refractivity contribution in [1.82, 2.24) is 5.32 Å². The fourth-order valence-electron chi connectivity index (χ4n) is 2.96. The predicted molar refractivity (Wildman–Crippen MR) is 97.5 cm³/mol. The van der Waals surface area contributed by atoms with Gasteiger partial charge in [-0.05, 0) is 24.3 Å². The molecule has 0 saturated carbocycles. The van der Waals surface area contributed by atoms with E-state index in [2.05, 4.69) is 5.32 Å². The summed E-state index contributed by atoms with van der Waals surface area (Å²) >= 11 is 0.353. The average Bonchev–Trinajstić information content (AvgIpc) is 3.01. The molecule has 1 fully saturated rings. The fourth-order valence-corrected chi connectivity index (χ4v) is 3.60. The van der Waals surface area contributed by atoms with Crippen LogP contribution in [0.3, 0.4) is 0 Å². The molecule has 0 aliphatic carbocycles. The van der Waals surface area contributed by atoms with E-state index in [1.54, 1.807) is 17.0 Å². The Labute approximate surface area is 154 Å². The minimum Gasteiger partial charge on any atom is -0.352 e. The number of carbonyl (C=O) groups excluding carboxylic acids is 2. The van der Waals surface area contributed by atoms with Gasteiger partial charge in [-0.2, -0.15) is 8.78 Å². The van der Waals surface area contributed by atoms with E-state index in [1.165, 1.54) is 12.1 Å². The van der Waals surface area contributed by atoms with Crippen molar-refractivity contribution in [3.8, 4) is 0 Å². The molecule has 1 aliphatic heterocycles. The van der Waals surface area contributed by atoms with Crippen molar-refractivity contribution in [2.75, 3.05) is 18.0 Å². The summed E-state index contributed by atoms with van der Waals surface area (Å²) in [6.45, 7) is 0.845. The topological polar surface area (TPSA) is 49.4 Å². The number of halogens is 2. The van der Waals surface area contributed by atoms with Gasteiger partial charge in [0.2, 0.25) is 5.91 Å². The molecule has 1 atom stereocenters. The number of rotatable bonds is 6. The number of nitrogens with one attached hydrogen (secondary N) is 1. The monoisotopic (exact) mass is 376 g/mol. The lowest BCUT2D eigenvalue weighted by Gasteiger charge is -2.17. The molecule has 7 heteroatoms. The van der Waals surface area contributed by atoms with Gasteiger partial charge in [0.15, 0.2) is 0 Å². The molecule has 26 heavy (non-hydrogen) atoms. The van der Waals surface area contributed by atoms with E-state index in [0.29, 0.717) is 31.3 Å². The molecule has 4 nitrogen and oxygen atoms in total. The SMILES string of the molecule is O=C(NCC1CC(=O)N(c2ccccc2)C1)c1ccccc1SC(F)F. The molecule has 136 valence electrons. The largest absolute Gasteiger partial charge is 0.352 e. The first-order valence-electron chi connectivity index (χ1n) is 8.22. The third-order valence-corrected chi connectivity index (χ3v) is 4.96. The average molecular weight is 376 g/mol. The molecule has 0 aromatic heterocycles. The van der Waals surface area contributed by atoms with Crippen LogP contribution in [0.4, 0.5) is 14.5 Å². The Morgan fingerprint density at radius 3 is 2.58 bits per heavy atom. The van der Waals surface area contributed by atoms with E-state index < -0.39 is 11.7 Å². The van der Waals surface area contributed by atoms with Gasteiger partial charge >= 0.3 is 0 Å². The number of hydrogen-bond acceptors (Lipinski definition) is 3. The van der Waals surface area contributed by atoms with Crippen LogP contribution in [0.2, 0.25) is 0 Å². The third-order valence-electron chi connectivity index (χ3n) is 4.17. The molecule has 0 radical (unpaired) electrons. The summed E-state index contributed by atoms with van der Waals surface area (Å²) in [6, 6.07) is 15.7. The van der Waals surface area contributed by atoms with E-state index in [-0.39, 0.29) is 22.3 Å². The summed E-state index contributed by atoms with van der Waals surface area (Å²) in [5, 5.41) is 2.77. The van der Waals surface area contributed by atoms with E-state index in [9.17, 15) is 18.4 Å². The van der Waals surface area contributed by atoms with Crippen LogP contribution in [-0.2, 0) is 4.79 Å². The summed E-state index contributed by atoms with van der Waals surface area (Å²) < 4.78 is 25.3. The fraction of sp³-hybridized carbons (Fsp3) is 0.263. The maximum atomic E-state index is 12.6. The van der Waals surface area contributed by atoms with Gasteiger partial charge in [0.1, 0.15) is 0 Å². The molecule has 1 N–H and O–H groups in total. The van der Waals surface area contributed by atoms with E-state index in [1.807, 2.05) is 30.3 Å². The second-order valence-corrected chi connectivity index (χ2v) is 7.03. The Morgan fingerprint density at radius 2 is 1.85 bits per heavy atom. The molecule has 1 heterocycles. The lowest BCUT2D eigenvalue weighted by Crippen LogP contribution is -2.31. The number of amides is 2. The Kier molecular flexibility index (Phi) is 5.88. The molecule has 0 spiro atoms. The maximum absolute atomic E-state index is 12.6. The Balaban J connectivity index is 1.60. The third kappa shape index (κ3) is 4.40. The Morgan fingerprint density at radius 1 is 1.15 bits per heavy atom. The molecule has 1 unspecified atom stereocenters. The maximum Gasteiger partial charge on any atom is 0.288 e.